The minimum absolute atomic E-state index is 0.576. The van der Waals surface area contributed by atoms with Gasteiger partial charge in [-0.25, -0.2) is 0 Å². The third kappa shape index (κ3) is 1.43. The fourth-order valence-corrected chi connectivity index (χ4v) is 2.51. The summed E-state index contributed by atoms with van der Waals surface area (Å²) in [5.74, 6) is 0. The molecule has 14 heavy (non-hydrogen) atoms. The maximum absolute atomic E-state index is 8.75. The summed E-state index contributed by atoms with van der Waals surface area (Å²) in [6.45, 7) is 0. The molecule has 4 heteroatoms. The van der Waals surface area contributed by atoms with Crippen LogP contribution in [0.1, 0.15) is 5.56 Å². The molecule has 0 fully saturated rings. The molecule has 0 atom stereocenters. The van der Waals surface area contributed by atoms with Crippen LogP contribution in [-0.2, 0) is 0 Å². The standard InChI is InChI=1S/C10H6ClNOS/c1-13-10-4-7-8(11)2-6(5-12)3-9(7)14-10/h2-4H,1H3. The maximum Gasteiger partial charge on any atom is 0.174 e. The van der Waals surface area contributed by atoms with Gasteiger partial charge >= 0.3 is 0 Å². The second-order valence-corrected chi connectivity index (χ2v) is 4.20. The van der Waals surface area contributed by atoms with Gasteiger partial charge in [0.15, 0.2) is 5.06 Å². The van der Waals surface area contributed by atoms with Crippen molar-refractivity contribution in [3.8, 4) is 11.1 Å². The highest BCUT2D eigenvalue weighted by molar-refractivity contribution is 7.20. The highest BCUT2D eigenvalue weighted by Gasteiger charge is 2.07. The van der Waals surface area contributed by atoms with E-state index in [0.717, 1.165) is 15.1 Å². The zero-order valence-corrected chi connectivity index (χ0v) is 8.95. The van der Waals surface area contributed by atoms with Gasteiger partial charge in [0.1, 0.15) is 0 Å². The highest BCUT2D eigenvalue weighted by atomic mass is 35.5. The first-order valence-corrected chi connectivity index (χ1v) is 5.11. The summed E-state index contributed by atoms with van der Waals surface area (Å²) in [6.07, 6.45) is 0. The van der Waals surface area contributed by atoms with E-state index in [-0.39, 0.29) is 0 Å². The van der Waals surface area contributed by atoms with Crippen LogP contribution in [-0.4, -0.2) is 7.11 Å². The molecule has 0 saturated carbocycles. The number of hydrogen-bond acceptors (Lipinski definition) is 3. The molecule has 2 nitrogen and oxygen atoms in total. The largest absolute Gasteiger partial charge is 0.487 e. The monoisotopic (exact) mass is 223 g/mol. The van der Waals surface area contributed by atoms with Gasteiger partial charge in [-0.1, -0.05) is 22.9 Å². The predicted molar refractivity (Wildman–Crippen MR) is 58.1 cm³/mol. The molecule has 0 saturated heterocycles. The molecule has 0 aliphatic rings. The number of methoxy groups -OCH3 is 1. The Labute approximate surface area is 90.3 Å². The summed E-state index contributed by atoms with van der Waals surface area (Å²) in [5, 5.41) is 11.1. The van der Waals surface area contributed by atoms with Crippen molar-refractivity contribution >= 4 is 33.0 Å². The first-order valence-electron chi connectivity index (χ1n) is 3.92. The number of fused-ring (bicyclic) bond motifs is 1. The van der Waals surface area contributed by atoms with Crippen LogP contribution in [0.4, 0.5) is 0 Å². The molecule has 0 amide bonds. The van der Waals surface area contributed by atoms with Gasteiger partial charge in [-0.2, -0.15) is 5.26 Å². The van der Waals surface area contributed by atoms with Crippen molar-refractivity contribution in [2.24, 2.45) is 0 Å². The summed E-state index contributed by atoms with van der Waals surface area (Å²) in [5.41, 5.74) is 0.576. The Kier molecular flexibility index (Phi) is 2.32. The summed E-state index contributed by atoms with van der Waals surface area (Å²) in [6, 6.07) is 7.42. The van der Waals surface area contributed by atoms with Crippen LogP contribution in [0.2, 0.25) is 5.02 Å². The lowest BCUT2D eigenvalue weighted by molar-refractivity contribution is 0.427. The number of hydrogen-bond donors (Lipinski definition) is 0. The van der Waals surface area contributed by atoms with Gasteiger partial charge in [-0.3, -0.25) is 0 Å². The van der Waals surface area contributed by atoms with Crippen LogP contribution in [0.5, 0.6) is 5.06 Å². The number of ether oxygens (including phenoxy) is 1. The molecule has 0 aliphatic heterocycles. The Balaban J connectivity index is 2.75. The number of rotatable bonds is 1. The minimum atomic E-state index is 0.576. The van der Waals surface area contributed by atoms with Crippen LogP contribution >= 0.6 is 22.9 Å². The first-order chi connectivity index (χ1) is 6.74. The number of nitrogens with zero attached hydrogens (tertiary/aromatic N) is 1. The molecule has 1 aromatic carbocycles. The maximum atomic E-state index is 8.75. The Bertz CT molecular complexity index is 527. The van der Waals surface area contributed by atoms with Crippen LogP contribution < -0.4 is 4.74 Å². The highest BCUT2D eigenvalue weighted by Crippen LogP contribution is 2.36. The fraction of sp³-hybridized carbons (Fsp3) is 0.100. The molecule has 0 radical (unpaired) electrons. The quantitative estimate of drug-likeness (QED) is 0.742. The zero-order valence-electron chi connectivity index (χ0n) is 7.37. The van der Waals surface area contributed by atoms with Crippen molar-refractivity contribution in [2.75, 3.05) is 7.11 Å². The van der Waals surface area contributed by atoms with Crippen molar-refractivity contribution in [3.63, 3.8) is 0 Å². The van der Waals surface area contributed by atoms with Gasteiger partial charge < -0.3 is 4.74 Å². The molecule has 2 aromatic rings. The van der Waals surface area contributed by atoms with Crippen molar-refractivity contribution in [1.82, 2.24) is 0 Å². The van der Waals surface area contributed by atoms with Crippen molar-refractivity contribution in [2.45, 2.75) is 0 Å². The van der Waals surface area contributed by atoms with Gasteiger partial charge in [0.25, 0.3) is 0 Å². The smallest absolute Gasteiger partial charge is 0.174 e. The van der Waals surface area contributed by atoms with E-state index in [1.165, 1.54) is 11.3 Å². The van der Waals surface area contributed by atoms with E-state index in [2.05, 4.69) is 6.07 Å². The molecule has 1 aromatic heterocycles. The second-order valence-electron chi connectivity index (χ2n) is 2.75. The molecule has 2 rings (SSSR count). The first kappa shape index (κ1) is 9.32. The molecule has 0 bridgehead atoms. The van der Waals surface area contributed by atoms with Gasteiger partial charge in [0, 0.05) is 16.2 Å². The van der Waals surface area contributed by atoms with Gasteiger partial charge in [-0.15, -0.1) is 0 Å². The molecule has 0 N–H and O–H groups in total. The molecule has 0 unspecified atom stereocenters. The Hall–Kier alpha value is -1.24. The summed E-state index contributed by atoms with van der Waals surface area (Å²) < 4.78 is 6.08. The third-order valence-electron chi connectivity index (χ3n) is 1.89. The zero-order chi connectivity index (χ0) is 10.1. The van der Waals surface area contributed by atoms with E-state index in [1.54, 1.807) is 13.2 Å². The lowest BCUT2D eigenvalue weighted by atomic mass is 10.2. The van der Waals surface area contributed by atoms with Crippen molar-refractivity contribution in [1.29, 1.82) is 5.26 Å². The fourth-order valence-electron chi connectivity index (χ4n) is 1.24. The number of halogens is 1. The number of nitriles is 1. The lowest BCUT2D eigenvalue weighted by Crippen LogP contribution is -1.74. The number of benzene rings is 1. The van der Waals surface area contributed by atoms with E-state index in [0.29, 0.717) is 10.6 Å². The van der Waals surface area contributed by atoms with E-state index >= 15 is 0 Å². The van der Waals surface area contributed by atoms with Gasteiger partial charge in [0.2, 0.25) is 0 Å². The average Bonchev–Trinajstić information content (AvgIpc) is 2.61. The minimum Gasteiger partial charge on any atom is -0.487 e. The van der Waals surface area contributed by atoms with E-state index in [4.69, 9.17) is 21.6 Å². The van der Waals surface area contributed by atoms with E-state index < -0.39 is 0 Å². The lowest BCUT2D eigenvalue weighted by Gasteiger charge is -1.93. The number of thiophene rings is 1. The Morgan fingerprint density at radius 3 is 2.86 bits per heavy atom. The molecule has 70 valence electrons. The van der Waals surface area contributed by atoms with E-state index in [1.807, 2.05) is 12.1 Å². The van der Waals surface area contributed by atoms with Gasteiger partial charge in [0.05, 0.1) is 23.8 Å². The van der Waals surface area contributed by atoms with Crippen LogP contribution in [0.15, 0.2) is 18.2 Å². The summed E-state index contributed by atoms with van der Waals surface area (Å²) in [4.78, 5) is 0. The second kappa shape index (κ2) is 3.49. The topological polar surface area (TPSA) is 33.0 Å². The summed E-state index contributed by atoms with van der Waals surface area (Å²) in [7, 11) is 1.61. The molecule has 1 heterocycles. The van der Waals surface area contributed by atoms with Crippen LogP contribution in [0.3, 0.4) is 0 Å². The average molecular weight is 224 g/mol. The normalized spacial score (nSPS) is 10.1. The molecule has 0 aliphatic carbocycles. The Morgan fingerprint density at radius 2 is 2.21 bits per heavy atom. The predicted octanol–water partition coefficient (Wildman–Crippen LogP) is 3.43. The van der Waals surface area contributed by atoms with E-state index in [9.17, 15) is 0 Å². The SMILES string of the molecule is COc1cc2c(Cl)cc(C#N)cc2s1. The molecular formula is C10H6ClNOS. The summed E-state index contributed by atoms with van der Waals surface area (Å²) >= 11 is 7.49. The van der Waals surface area contributed by atoms with Crippen molar-refractivity contribution in [3.05, 3.63) is 28.8 Å². The van der Waals surface area contributed by atoms with Crippen LogP contribution in [0, 0.1) is 11.3 Å². The Morgan fingerprint density at radius 1 is 1.43 bits per heavy atom. The molecule has 0 spiro atoms. The van der Waals surface area contributed by atoms with Gasteiger partial charge in [-0.05, 0) is 12.1 Å². The van der Waals surface area contributed by atoms with Crippen LogP contribution in [0.25, 0.3) is 10.1 Å². The van der Waals surface area contributed by atoms with Crippen molar-refractivity contribution < 1.29 is 4.74 Å². The third-order valence-corrected chi connectivity index (χ3v) is 3.25. The molecular weight excluding hydrogens is 218 g/mol.